The summed E-state index contributed by atoms with van der Waals surface area (Å²) < 4.78 is 0. The average molecular weight is 154 g/mol. The van der Waals surface area contributed by atoms with E-state index in [1.165, 1.54) is 0 Å². The minimum Gasteiger partial charge on any atom is -0.317 e. The molecular weight excluding hydrogens is 140 g/mol. The van der Waals surface area contributed by atoms with Crippen LogP contribution in [0.25, 0.3) is 0 Å². The standard InChI is InChI=1S/C8H14N2O/c1-6-8(2,3)10(5)7(11)9(6)4/h1H2,2-5H3. The molecule has 0 aliphatic carbocycles. The highest BCUT2D eigenvalue weighted by Crippen LogP contribution is 2.31. The maximum atomic E-state index is 11.3. The van der Waals surface area contributed by atoms with Gasteiger partial charge < -0.3 is 4.90 Å². The average Bonchev–Trinajstić information content (AvgIpc) is 2.06. The third-order valence-electron chi connectivity index (χ3n) is 2.52. The lowest BCUT2D eigenvalue weighted by molar-refractivity contribution is 0.190. The summed E-state index contributed by atoms with van der Waals surface area (Å²) in [5.74, 6) is 0. The van der Waals surface area contributed by atoms with Gasteiger partial charge in [0, 0.05) is 19.8 Å². The van der Waals surface area contributed by atoms with E-state index in [2.05, 4.69) is 6.58 Å². The zero-order valence-corrected chi connectivity index (χ0v) is 7.51. The van der Waals surface area contributed by atoms with Gasteiger partial charge in [-0.25, -0.2) is 4.79 Å². The maximum Gasteiger partial charge on any atom is 0.324 e. The van der Waals surface area contributed by atoms with E-state index in [1.54, 1.807) is 23.9 Å². The Morgan fingerprint density at radius 2 is 1.82 bits per heavy atom. The molecule has 1 saturated heterocycles. The highest BCUT2D eigenvalue weighted by atomic mass is 16.2. The van der Waals surface area contributed by atoms with Gasteiger partial charge in [0.05, 0.1) is 5.54 Å². The third kappa shape index (κ3) is 0.836. The van der Waals surface area contributed by atoms with Crippen molar-refractivity contribution in [3.63, 3.8) is 0 Å². The number of hydrogen-bond acceptors (Lipinski definition) is 1. The topological polar surface area (TPSA) is 23.6 Å². The van der Waals surface area contributed by atoms with E-state index >= 15 is 0 Å². The number of urea groups is 1. The number of rotatable bonds is 0. The minimum atomic E-state index is -0.230. The molecule has 0 N–H and O–H groups in total. The van der Waals surface area contributed by atoms with Crippen LogP contribution in [0.1, 0.15) is 13.8 Å². The molecule has 0 aromatic heterocycles. The Hall–Kier alpha value is -0.990. The van der Waals surface area contributed by atoms with Crippen LogP contribution in [0.3, 0.4) is 0 Å². The number of carbonyl (C=O) groups excluding carboxylic acids is 1. The van der Waals surface area contributed by atoms with Crippen molar-refractivity contribution in [3.05, 3.63) is 12.3 Å². The van der Waals surface area contributed by atoms with E-state index < -0.39 is 0 Å². The first kappa shape index (κ1) is 8.11. The van der Waals surface area contributed by atoms with Gasteiger partial charge in [0.15, 0.2) is 0 Å². The second-order valence-corrected chi connectivity index (χ2v) is 3.41. The zero-order chi connectivity index (χ0) is 8.81. The van der Waals surface area contributed by atoms with E-state index in [-0.39, 0.29) is 11.6 Å². The van der Waals surface area contributed by atoms with E-state index in [1.807, 2.05) is 13.8 Å². The Kier molecular flexibility index (Phi) is 1.47. The Morgan fingerprint density at radius 3 is 1.91 bits per heavy atom. The van der Waals surface area contributed by atoms with Gasteiger partial charge in [-0.2, -0.15) is 0 Å². The Morgan fingerprint density at radius 1 is 1.36 bits per heavy atom. The van der Waals surface area contributed by atoms with E-state index in [4.69, 9.17) is 0 Å². The SMILES string of the molecule is C=C1N(C)C(=O)N(C)C1(C)C. The Labute approximate surface area is 67.3 Å². The van der Waals surface area contributed by atoms with Crippen LogP contribution >= 0.6 is 0 Å². The van der Waals surface area contributed by atoms with Crippen molar-refractivity contribution in [2.24, 2.45) is 0 Å². The molecule has 11 heavy (non-hydrogen) atoms. The van der Waals surface area contributed by atoms with Gasteiger partial charge in [0.25, 0.3) is 0 Å². The van der Waals surface area contributed by atoms with Crippen LogP contribution in [0.2, 0.25) is 0 Å². The summed E-state index contributed by atoms with van der Waals surface area (Å²) >= 11 is 0. The summed E-state index contributed by atoms with van der Waals surface area (Å²) in [7, 11) is 3.53. The fourth-order valence-corrected chi connectivity index (χ4v) is 1.18. The molecule has 1 aliphatic heterocycles. The lowest BCUT2D eigenvalue weighted by atomic mass is 10.0. The van der Waals surface area contributed by atoms with Crippen molar-refractivity contribution in [3.8, 4) is 0 Å². The lowest BCUT2D eigenvalue weighted by Crippen LogP contribution is -2.37. The van der Waals surface area contributed by atoms with Crippen molar-refractivity contribution in [2.45, 2.75) is 19.4 Å². The Bertz CT molecular complexity index is 220. The van der Waals surface area contributed by atoms with Crippen LogP contribution < -0.4 is 0 Å². The van der Waals surface area contributed by atoms with Gasteiger partial charge in [0.1, 0.15) is 0 Å². The fourth-order valence-electron chi connectivity index (χ4n) is 1.18. The first-order valence-corrected chi connectivity index (χ1v) is 3.60. The van der Waals surface area contributed by atoms with Gasteiger partial charge in [0.2, 0.25) is 0 Å². The smallest absolute Gasteiger partial charge is 0.317 e. The largest absolute Gasteiger partial charge is 0.324 e. The molecular formula is C8H14N2O. The molecule has 1 rings (SSSR count). The molecule has 3 nitrogen and oxygen atoms in total. The molecule has 0 saturated carbocycles. The molecule has 2 amide bonds. The predicted octanol–water partition coefficient (Wildman–Crippen LogP) is 1.28. The summed E-state index contributed by atoms with van der Waals surface area (Å²) in [5, 5.41) is 0. The summed E-state index contributed by atoms with van der Waals surface area (Å²) in [5.41, 5.74) is 0.622. The highest BCUT2D eigenvalue weighted by molar-refractivity contribution is 5.81. The van der Waals surface area contributed by atoms with Gasteiger partial charge in [-0.1, -0.05) is 6.58 Å². The van der Waals surface area contributed by atoms with Crippen LogP contribution in [0.15, 0.2) is 12.3 Å². The van der Waals surface area contributed by atoms with Crippen molar-refractivity contribution >= 4 is 6.03 Å². The summed E-state index contributed by atoms with van der Waals surface area (Å²) in [6.07, 6.45) is 0. The maximum absolute atomic E-state index is 11.3. The number of nitrogens with zero attached hydrogens (tertiary/aromatic N) is 2. The predicted molar refractivity (Wildman–Crippen MR) is 44.1 cm³/mol. The quantitative estimate of drug-likeness (QED) is 0.515. The third-order valence-corrected chi connectivity index (χ3v) is 2.52. The van der Waals surface area contributed by atoms with E-state index in [9.17, 15) is 4.79 Å². The van der Waals surface area contributed by atoms with Crippen LogP contribution in [0, 0.1) is 0 Å². The molecule has 1 heterocycles. The molecule has 0 radical (unpaired) electrons. The van der Waals surface area contributed by atoms with Crippen molar-refractivity contribution in [1.29, 1.82) is 0 Å². The lowest BCUT2D eigenvalue weighted by Gasteiger charge is -2.26. The second-order valence-electron chi connectivity index (χ2n) is 3.41. The highest BCUT2D eigenvalue weighted by Gasteiger charge is 2.42. The van der Waals surface area contributed by atoms with Gasteiger partial charge >= 0.3 is 6.03 Å². The molecule has 0 aromatic rings. The molecule has 0 atom stereocenters. The molecule has 0 aromatic carbocycles. The zero-order valence-electron chi connectivity index (χ0n) is 7.51. The van der Waals surface area contributed by atoms with Crippen molar-refractivity contribution in [1.82, 2.24) is 9.80 Å². The van der Waals surface area contributed by atoms with Crippen molar-refractivity contribution < 1.29 is 4.79 Å². The van der Waals surface area contributed by atoms with Crippen LogP contribution in [0.4, 0.5) is 4.79 Å². The Balaban J connectivity index is 3.06. The van der Waals surface area contributed by atoms with E-state index in [0.29, 0.717) is 0 Å². The first-order chi connectivity index (χ1) is 4.89. The number of hydrogen-bond donors (Lipinski definition) is 0. The first-order valence-electron chi connectivity index (χ1n) is 3.60. The second kappa shape index (κ2) is 2.00. The van der Waals surface area contributed by atoms with Crippen LogP contribution in [-0.2, 0) is 0 Å². The molecule has 1 fully saturated rings. The van der Waals surface area contributed by atoms with Gasteiger partial charge in [-0.15, -0.1) is 0 Å². The van der Waals surface area contributed by atoms with Gasteiger partial charge in [-0.05, 0) is 13.8 Å². The van der Waals surface area contributed by atoms with Crippen LogP contribution in [-0.4, -0.2) is 35.5 Å². The summed E-state index contributed by atoms with van der Waals surface area (Å²) in [6.45, 7) is 7.82. The summed E-state index contributed by atoms with van der Waals surface area (Å²) in [4.78, 5) is 14.6. The number of likely N-dealkylation sites (N-methyl/N-ethyl adjacent to an activating group) is 2. The fraction of sp³-hybridized carbons (Fsp3) is 0.625. The molecule has 0 unspecified atom stereocenters. The molecule has 0 bridgehead atoms. The monoisotopic (exact) mass is 154 g/mol. The minimum absolute atomic E-state index is 0.0139. The molecule has 3 heteroatoms. The summed E-state index contributed by atoms with van der Waals surface area (Å²) in [6, 6.07) is 0.0139. The molecule has 1 aliphatic rings. The number of carbonyl (C=O) groups is 1. The molecule has 0 spiro atoms. The van der Waals surface area contributed by atoms with Gasteiger partial charge in [-0.3, -0.25) is 4.90 Å². The normalized spacial score (nSPS) is 23.3. The van der Waals surface area contributed by atoms with Crippen molar-refractivity contribution in [2.75, 3.05) is 14.1 Å². The van der Waals surface area contributed by atoms with E-state index in [0.717, 1.165) is 5.70 Å². The number of amides is 2. The molecule has 62 valence electrons. The van der Waals surface area contributed by atoms with Crippen LogP contribution in [0.5, 0.6) is 0 Å².